The minimum absolute atomic E-state index is 0.255. The van der Waals surface area contributed by atoms with Crippen LogP contribution in [-0.2, 0) is 6.51 Å². The fourth-order valence-corrected chi connectivity index (χ4v) is 125. The topological polar surface area (TPSA) is 0 Å². The first kappa shape index (κ1) is 20.2. The summed E-state index contributed by atoms with van der Waals surface area (Å²) in [5, 5.41) is 4.40. The third-order valence-electron chi connectivity index (χ3n) is 19.1. The molecule has 7 unspecified atom stereocenters. The van der Waals surface area contributed by atoms with Crippen LogP contribution in [0.25, 0.3) is 0 Å². The summed E-state index contributed by atoms with van der Waals surface area (Å²) in [6.45, 7) is 14.7. The molecule has 10 saturated heterocycles. The van der Waals surface area contributed by atoms with Crippen molar-refractivity contribution in [1.82, 2.24) is 0 Å². The van der Waals surface area contributed by atoms with Gasteiger partial charge in [-0.2, -0.15) is 0 Å². The summed E-state index contributed by atoms with van der Waals surface area (Å²) < 4.78 is 1.66. The van der Waals surface area contributed by atoms with Gasteiger partial charge in [0, 0.05) is 0 Å². The van der Waals surface area contributed by atoms with Crippen LogP contribution in [-0.4, -0.2) is 19.3 Å². The number of rotatable bonds is 6. The van der Waals surface area contributed by atoms with E-state index < -0.39 is 6.51 Å². The predicted molar refractivity (Wildman–Crippen MR) is 159 cm³/mol. The van der Waals surface area contributed by atoms with Crippen LogP contribution >= 0.6 is 25.1 Å². The van der Waals surface area contributed by atoms with Crippen LogP contribution in [0.4, 0.5) is 0 Å². The van der Waals surface area contributed by atoms with Gasteiger partial charge in [0.05, 0.1) is 0 Å². The zero-order valence-electron chi connectivity index (χ0n) is 22.7. The van der Waals surface area contributed by atoms with Crippen LogP contribution in [0.3, 0.4) is 0 Å². The van der Waals surface area contributed by atoms with E-state index in [1.165, 1.54) is 38.5 Å². The van der Waals surface area contributed by atoms with Crippen molar-refractivity contribution in [2.45, 2.75) is 111 Å². The molecule has 36 heavy (non-hydrogen) atoms. The maximum atomic E-state index is 2.94. The standard InChI is InChI=1S/C27H36P3.C5H5.Fe/c1-25(2,3)28-27(7,29-26(4,5)6)23-19-14-20-24(23)30(21-15-10-8-11-16-21)22-17-12-9-13-18-22;1-2-4-5-3-1;/h8-20,28-29H,1-7H3;1-5H;. The van der Waals surface area contributed by atoms with E-state index in [1.807, 2.05) is 0 Å². The zero-order valence-corrected chi connectivity index (χ0v) is 26.7. The SMILES string of the molecule is CC(C)(C)PC(C)(PC(C)(C)C)[C]12[CH]3[CH]4[CH]5[C]1(P(c1ccccc1)c1ccccc1)[Fe]45321678[CH]2[CH]1[CH]6[CH]7[CH]28. The molecular weight excluding hydrogens is 533 g/mol. The van der Waals surface area contributed by atoms with Crippen LogP contribution < -0.4 is 10.6 Å². The molecule has 12 rings (SSSR count). The molecule has 0 aromatic heterocycles. The molecule has 0 radical (unpaired) electrons. The molecule has 0 nitrogen and oxygen atoms in total. The molecule has 2 aromatic carbocycles. The second kappa shape index (κ2) is 2.86. The van der Waals surface area contributed by atoms with Gasteiger partial charge in [0.15, 0.2) is 0 Å². The van der Waals surface area contributed by atoms with Crippen molar-refractivity contribution >= 4 is 35.7 Å². The summed E-state index contributed by atoms with van der Waals surface area (Å²) >= 11 is 0. The fraction of sp³-hybridized carbons (Fsp3) is 0.625. The fourth-order valence-electron chi connectivity index (χ4n) is 21.9. The third-order valence-corrected chi connectivity index (χ3v) is 73.6. The van der Waals surface area contributed by atoms with Gasteiger partial charge in [-0.05, 0) is 0 Å². The van der Waals surface area contributed by atoms with Gasteiger partial charge in [0.1, 0.15) is 0 Å². The quantitative estimate of drug-likeness (QED) is 0.238. The Morgan fingerprint density at radius 1 is 0.611 bits per heavy atom. The zero-order chi connectivity index (χ0) is 24.7. The number of benzene rings is 2. The predicted octanol–water partition coefficient (Wildman–Crippen LogP) is 9.46. The molecule has 0 saturated carbocycles. The third kappa shape index (κ3) is 0.489. The summed E-state index contributed by atoms with van der Waals surface area (Å²) in [5.74, 6) is 0. The van der Waals surface area contributed by atoms with E-state index >= 15 is 0 Å². The molecule has 10 heterocycles. The van der Waals surface area contributed by atoms with E-state index in [9.17, 15) is 0 Å². The summed E-state index contributed by atoms with van der Waals surface area (Å²) in [5.41, 5.74) is 0. The molecule has 0 amide bonds. The Labute approximate surface area is 212 Å². The molecule has 192 valence electrons. The first-order chi connectivity index (χ1) is 16.7. The van der Waals surface area contributed by atoms with Gasteiger partial charge in [-0.25, -0.2) is 0 Å². The van der Waals surface area contributed by atoms with Crippen molar-refractivity contribution in [1.29, 1.82) is 0 Å². The van der Waals surface area contributed by atoms with Crippen LogP contribution in [0.2, 0.25) is 42.8 Å². The molecule has 0 bridgehead atoms. The van der Waals surface area contributed by atoms with E-state index in [1.54, 1.807) is 10.6 Å². The Balaban J connectivity index is 1.22. The van der Waals surface area contributed by atoms with E-state index in [-0.39, 0.29) is 7.92 Å². The normalized spacial score (nSPS) is 68.1. The molecule has 1 spiro atoms. The van der Waals surface area contributed by atoms with Crippen LogP contribution in [0.5, 0.6) is 0 Å². The van der Waals surface area contributed by atoms with Crippen LogP contribution in [0.1, 0.15) is 48.5 Å². The summed E-state index contributed by atoms with van der Waals surface area (Å²) in [4.78, 5) is 11.3. The van der Waals surface area contributed by atoms with Gasteiger partial charge >= 0.3 is 213 Å². The van der Waals surface area contributed by atoms with Gasteiger partial charge in [-0.15, -0.1) is 0 Å². The average Bonchev–Trinajstić information content (AvgIpc) is 3.72. The molecule has 4 heteroatoms. The number of fused-ring (bicyclic) bond motifs is 10. The first-order valence-electron chi connectivity index (χ1n) is 14.4. The van der Waals surface area contributed by atoms with E-state index in [0.717, 1.165) is 25.5 Å². The van der Waals surface area contributed by atoms with Crippen molar-refractivity contribution in [3.8, 4) is 0 Å². The molecule has 10 aliphatic rings. The van der Waals surface area contributed by atoms with Crippen LogP contribution in [0.15, 0.2) is 60.7 Å². The molecule has 10 aliphatic heterocycles. The van der Waals surface area contributed by atoms with Gasteiger partial charge in [-0.3, -0.25) is 0 Å². The number of hydrogen-bond acceptors (Lipinski definition) is 0. The van der Waals surface area contributed by atoms with Gasteiger partial charge in [0.25, 0.3) is 0 Å². The van der Waals surface area contributed by atoms with Gasteiger partial charge < -0.3 is 0 Å². The molecular formula is C32H41FeP3. The molecule has 10 fully saturated rings. The molecule has 7 atom stereocenters. The molecule has 2 aromatic rings. The van der Waals surface area contributed by atoms with Crippen LogP contribution in [0, 0.1) is 0 Å². The Kier molecular flexibility index (Phi) is 1.60. The molecule has 0 N–H and O–H groups in total. The van der Waals surface area contributed by atoms with Crippen molar-refractivity contribution in [2.75, 3.05) is 0 Å². The summed E-state index contributed by atoms with van der Waals surface area (Å²) in [6.07, 6.45) is 0. The van der Waals surface area contributed by atoms with Crippen molar-refractivity contribution < 1.29 is 6.51 Å². The second-order valence-electron chi connectivity index (χ2n) is 18.6. The average molecular weight is 574 g/mol. The van der Waals surface area contributed by atoms with Crippen molar-refractivity contribution in [3.05, 3.63) is 60.7 Å². The Bertz CT molecular complexity index is 1740. The first-order valence-corrected chi connectivity index (χ1v) is 23.9. The Morgan fingerprint density at radius 2 is 1.03 bits per heavy atom. The van der Waals surface area contributed by atoms with E-state index in [4.69, 9.17) is 0 Å². The summed E-state index contributed by atoms with van der Waals surface area (Å²) in [6, 6.07) is 24.3. The van der Waals surface area contributed by atoms with Crippen molar-refractivity contribution in [2.24, 2.45) is 0 Å². The monoisotopic (exact) mass is 574 g/mol. The van der Waals surface area contributed by atoms with Crippen molar-refractivity contribution in [3.63, 3.8) is 0 Å². The van der Waals surface area contributed by atoms with E-state index in [2.05, 4.69) is 109 Å². The maximum absolute atomic E-state index is 3.74. The van der Waals surface area contributed by atoms with Gasteiger partial charge in [-0.1, -0.05) is 0 Å². The second-order valence-corrected chi connectivity index (χ2v) is 50.6. The minimum atomic E-state index is -3.74. The Hall–Kier alpha value is 0.249. The van der Waals surface area contributed by atoms with Gasteiger partial charge in [0.2, 0.25) is 0 Å². The van der Waals surface area contributed by atoms with E-state index in [0.29, 0.717) is 15.2 Å². The molecule has 0 aliphatic carbocycles. The Morgan fingerprint density at radius 3 is 1.36 bits per heavy atom. The summed E-state index contributed by atoms with van der Waals surface area (Å²) in [7, 11) is 2.00. The number of hydrogen-bond donors (Lipinski definition) is 0.